The Morgan fingerprint density at radius 1 is 1.32 bits per heavy atom. The van der Waals surface area contributed by atoms with Crippen molar-refractivity contribution in [2.24, 2.45) is 5.73 Å². The zero-order chi connectivity index (χ0) is 29.3. The third-order valence-electron chi connectivity index (χ3n) is 6.33. The van der Waals surface area contributed by atoms with Crippen LogP contribution in [0.4, 0.5) is 19.4 Å². The highest BCUT2D eigenvalue weighted by Crippen LogP contribution is 2.53. The average molecular weight is 606 g/mol. The molecule has 0 bridgehead atoms. The zero-order valence-corrected chi connectivity index (χ0v) is 24.3. The lowest BCUT2D eigenvalue weighted by Crippen LogP contribution is -2.22. The molecule has 3 N–H and O–H groups in total. The lowest BCUT2D eigenvalue weighted by molar-refractivity contribution is 0.212. The van der Waals surface area contributed by atoms with Crippen molar-refractivity contribution in [3.63, 3.8) is 0 Å². The maximum Gasteiger partial charge on any atom is 0.410 e. The molecule has 1 aliphatic rings. The van der Waals surface area contributed by atoms with Crippen molar-refractivity contribution < 1.29 is 27.3 Å². The van der Waals surface area contributed by atoms with Gasteiger partial charge >= 0.3 is 6.09 Å². The smallest absolute Gasteiger partial charge is 0.410 e. The molecule has 2 atom stereocenters. The number of nitriles is 1. The van der Waals surface area contributed by atoms with Crippen LogP contribution in [0.2, 0.25) is 5.02 Å². The number of nitrogens with two attached hydrogens (primary N) is 1. The molecule has 2 aromatic heterocycles. The van der Waals surface area contributed by atoms with Crippen molar-refractivity contribution in [1.29, 1.82) is 5.26 Å². The molecule has 0 fully saturated rings. The van der Waals surface area contributed by atoms with Crippen molar-refractivity contribution >= 4 is 66.6 Å². The van der Waals surface area contributed by atoms with Crippen LogP contribution < -0.4 is 20.5 Å². The number of carbonyl (C=O) groups excluding carboxylic acids is 1. The number of halogens is 3. The van der Waals surface area contributed by atoms with Gasteiger partial charge in [-0.15, -0.1) is 0 Å². The van der Waals surface area contributed by atoms with Crippen LogP contribution >= 0.6 is 22.9 Å². The number of aromatic nitrogens is 2. The Morgan fingerprint density at radius 2 is 2.02 bits per heavy atom. The molecule has 4 aromatic rings. The maximum atomic E-state index is 16.8. The van der Waals surface area contributed by atoms with Gasteiger partial charge in [0.1, 0.15) is 35.4 Å². The second kappa shape index (κ2) is 9.79. The molecule has 0 radical (unpaired) electrons. The van der Waals surface area contributed by atoms with Crippen LogP contribution in [0.25, 0.3) is 32.1 Å². The molecular weight excluding hydrogens is 584 g/mol. The molecule has 2 aromatic carbocycles. The fraction of sp³-hybridized carbons (Fsp3) is 0.308. The van der Waals surface area contributed by atoms with Crippen molar-refractivity contribution in [2.45, 2.75) is 44.3 Å². The van der Waals surface area contributed by atoms with Crippen LogP contribution in [0.3, 0.4) is 0 Å². The van der Waals surface area contributed by atoms with E-state index in [9.17, 15) is 14.3 Å². The summed E-state index contributed by atoms with van der Waals surface area (Å²) in [5.41, 5.74) is 4.19. The summed E-state index contributed by atoms with van der Waals surface area (Å²) in [5, 5.41) is 12.8. The average Bonchev–Trinajstić information content (AvgIpc) is 3.12. The summed E-state index contributed by atoms with van der Waals surface area (Å²) in [6, 6.07) is 2.91. The van der Waals surface area contributed by atoms with Gasteiger partial charge in [0.2, 0.25) is 10.2 Å². The normalized spacial score (nSPS) is 15.7. The first-order chi connectivity index (χ1) is 18.7. The number of nitrogens with one attached hydrogen (secondary N) is 1. The van der Waals surface area contributed by atoms with E-state index in [1.165, 1.54) is 12.3 Å². The lowest BCUT2D eigenvalue weighted by atomic mass is 9.79. The number of carbonyl (C=O) groups is 1. The highest BCUT2D eigenvalue weighted by atomic mass is 35.5. The Morgan fingerprint density at radius 3 is 2.62 bits per heavy atom. The third-order valence-corrected chi connectivity index (χ3v) is 8.46. The van der Waals surface area contributed by atoms with Crippen LogP contribution in [0.5, 0.6) is 10.8 Å². The topological polar surface area (TPSA) is 140 Å². The highest BCUT2D eigenvalue weighted by Gasteiger charge is 2.35. The SMILES string of the molecule is C[C@H]1COc2c(Cl)c(-c3c(C(C)(C)C)cc(F)c4sc(OC(N)=O)c(C#N)c34)c(F)c3nc(S(C)=O)nc(c23)N1. The fourth-order valence-corrected chi connectivity index (χ4v) is 6.44. The van der Waals surface area contributed by atoms with E-state index in [1.54, 1.807) is 20.8 Å². The van der Waals surface area contributed by atoms with Gasteiger partial charge in [-0.05, 0) is 24.0 Å². The molecule has 1 aliphatic heterocycles. The van der Waals surface area contributed by atoms with Gasteiger partial charge in [0.15, 0.2) is 11.6 Å². The Hall–Kier alpha value is -3.60. The number of thiophene rings is 1. The molecule has 1 amide bonds. The summed E-state index contributed by atoms with van der Waals surface area (Å²) in [6.45, 7) is 7.32. The van der Waals surface area contributed by atoms with Gasteiger partial charge in [-0.25, -0.2) is 23.5 Å². The Kier molecular flexibility index (Phi) is 6.84. The molecule has 0 spiro atoms. The third kappa shape index (κ3) is 4.40. The summed E-state index contributed by atoms with van der Waals surface area (Å²) >= 11 is 7.61. The predicted octanol–water partition coefficient (Wildman–Crippen LogP) is 6.00. The van der Waals surface area contributed by atoms with Gasteiger partial charge in [0.05, 0.1) is 32.0 Å². The number of amides is 1. The molecular formula is C26H22ClF2N5O4S2. The van der Waals surface area contributed by atoms with Crippen molar-refractivity contribution in [3.05, 3.63) is 33.9 Å². The molecule has 0 aliphatic carbocycles. The molecule has 9 nitrogen and oxygen atoms in total. The first kappa shape index (κ1) is 27.9. The van der Waals surface area contributed by atoms with Crippen LogP contribution in [-0.2, 0) is 16.2 Å². The molecule has 3 heterocycles. The summed E-state index contributed by atoms with van der Waals surface area (Å²) in [4.78, 5) is 20.1. The first-order valence-corrected chi connectivity index (χ1v) is 14.6. The summed E-state index contributed by atoms with van der Waals surface area (Å²) in [5.74, 6) is -1.34. The highest BCUT2D eigenvalue weighted by molar-refractivity contribution is 7.84. The predicted molar refractivity (Wildman–Crippen MR) is 150 cm³/mol. The maximum absolute atomic E-state index is 16.8. The van der Waals surface area contributed by atoms with E-state index in [0.29, 0.717) is 16.9 Å². The summed E-state index contributed by atoms with van der Waals surface area (Å²) < 4.78 is 55.7. The van der Waals surface area contributed by atoms with E-state index in [1.807, 2.05) is 13.0 Å². The van der Waals surface area contributed by atoms with Gasteiger partial charge in [-0.1, -0.05) is 43.7 Å². The standard InChI is InChI=1S/C26H22ClF2N5O4S2/c1-9-8-37-20-16-19(33-25(40(5)36)34-22(16)32-9)18(29)15(17(20)27)14-11(26(2,3)4)6-12(28)21-13(14)10(7-30)23(39-21)38-24(31)35/h6,9H,8H2,1-5H3,(H2,31,35)(H,32,33,34)/t9-,40?/m0/s1. The monoisotopic (exact) mass is 605 g/mol. The number of anilines is 1. The van der Waals surface area contributed by atoms with Gasteiger partial charge in [-0.3, -0.25) is 4.21 Å². The number of nitrogens with zero attached hydrogens (tertiary/aromatic N) is 3. The van der Waals surface area contributed by atoms with Gasteiger partial charge in [0.25, 0.3) is 0 Å². The molecule has 0 saturated heterocycles. The van der Waals surface area contributed by atoms with E-state index >= 15 is 8.78 Å². The number of fused-ring (bicyclic) bond motifs is 1. The molecule has 14 heteroatoms. The molecule has 208 valence electrons. The number of primary amides is 1. The number of rotatable bonds is 3. The zero-order valence-electron chi connectivity index (χ0n) is 21.9. The van der Waals surface area contributed by atoms with E-state index < -0.39 is 33.9 Å². The van der Waals surface area contributed by atoms with E-state index in [-0.39, 0.29) is 77.1 Å². The van der Waals surface area contributed by atoms with Crippen LogP contribution in [-0.4, -0.2) is 39.2 Å². The minimum atomic E-state index is -1.67. The van der Waals surface area contributed by atoms with Crippen molar-refractivity contribution in [3.8, 4) is 28.0 Å². The lowest BCUT2D eigenvalue weighted by Gasteiger charge is -2.26. The summed E-state index contributed by atoms with van der Waals surface area (Å²) in [6.07, 6.45) is 0.169. The molecule has 5 rings (SSSR count). The first-order valence-electron chi connectivity index (χ1n) is 11.9. The quantitative estimate of drug-likeness (QED) is 0.271. The van der Waals surface area contributed by atoms with Crippen LogP contribution in [0, 0.1) is 23.0 Å². The second-order valence-corrected chi connectivity index (χ2v) is 12.9. The van der Waals surface area contributed by atoms with E-state index in [2.05, 4.69) is 15.3 Å². The number of hydrogen-bond donors (Lipinski definition) is 2. The fourth-order valence-electron chi connectivity index (χ4n) is 4.66. The van der Waals surface area contributed by atoms with E-state index in [0.717, 1.165) is 0 Å². The van der Waals surface area contributed by atoms with Gasteiger partial charge in [0, 0.05) is 22.8 Å². The van der Waals surface area contributed by atoms with Gasteiger partial charge in [-0.2, -0.15) is 5.26 Å². The minimum absolute atomic E-state index is 0.00490. The van der Waals surface area contributed by atoms with Crippen molar-refractivity contribution in [1.82, 2.24) is 9.97 Å². The largest absolute Gasteiger partial charge is 0.489 e. The Balaban J connectivity index is 2.04. The second-order valence-electron chi connectivity index (χ2n) is 10.3. The van der Waals surface area contributed by atoms with Crippen LogP contribution in [0.15, 0.2) is 11.2 Å². The number of ether oxygens (including phenoxy) is 2. The number of benzene rings is 2. The van der Waals surface area contributed by atoms with Crippen molar-refractivity contribution in [2.75, 3.05) is 18.2 Å². The van der Waals surface area contributed by atoms with Crippen LogP contribution in [0.1, 0.15) is 38.8 Å². The Bertz CT molecular complexity index is 1830. The number of hydrogen-bond acceptors (Lipinski definition) is 9. The summed E-state index contributed by atoms with van der Waals surface area (Å²) in [7, 11) is -1.67. The molecule has 1 unspecified atom stereocenters. The molecule has 0 saturated carbocycles. The minimum Gasteiger partial charge on any atom is -0.489 e. The Labute approximate surface area is 238 Å². The van der Waals surface area contributed by atoms with E-state index in [4.69, 9.17) is 26.8 Å². The van der Waals surface area contributed by atoms with Gasteiger partial charge < -0.3 is 20.5 Å². The molecule has 40 heavy (non-hydrogen) atoms.